The van der Waals surface area contributed by atoms with E-state index >= 15 is 0 Å². The number of nitrogens with zero attached hydrogens (tertiary/aromatic N) is 1. The summed E-state index contributed by atoms with van der Waals surface area (Å²) in [5, 5.41) is 0. The van der Waals surface area contributed by atoms with Crippen molar-refractivity contribution >= 4 is 32.2 Å². The Labute approximate surface area is 129 Å². The number of hydrogen-bond acceptors (Lipinski definition) is 6. The number of benzene rings is 1. The van der Waals surface area contributed by atoms with E-state index in [1.807, 2.05) is 0 Å². The van der Waals surface area contributed by atoms with Gasteiger partial charge in [0.05, 0.1) is 11.5 Å². The van der Waals surface area contributed by atoms with Crippen molar-refractivity contribution in [1.82, 2.24) is 0 Å². The van der Waals surface area contributed by atoms with Gasteiger partial charge in [-0.2, -0.15) is 16.8 Å². The van der Waals surface area contributed by atoms with Crippen molar-refractivity contribution in [3.05, 3.63) is 29.3 Å². The fourth-order valence-electron chi connectivity index (χ4n) is 1.81. The maximum Gasteiger partial charge on any atom is 0.266 e. The summed E-state index contributed by atoms with van der Waals surface area (Å²) < 4.78 is 61.0. The lowest BCUT2D eigenvalue weighted by Gasteiger charge is -2.24. The third-order valence-electron chi connectivity index (χ3n) is 2.98. The van der Waals surface area contributed by atoms with Gasteiger partial charge >= 0.3 is 0 Å². The van der Waals surface area contributed by atoms with Gasteiger partial charge in [0, 0.05) is 24.3 Å². The highest BCUT2D eigenvalue weighted by Gasteiger charge is 2.15. The molecule has 1 rings (SSSR count). The summed E-state index contributed by atoms with van der Waals surface area (Å²) in [6, 6.07) is 4.65. The van der Waals surface area contributed by atoms with Gasteiger partial charge in [0.15, 0.2) is 0 Å². The summed E-state index contributed by atoms with van der Waals surface area (Å²) in [6.45, 7) is 1.36. The molecule has 0 aromatic heterocycles. The van der Waals surface area contributed by atoms with E-state index in [0.717, 1.165) is 0 Å². The monoisotopic (exact) mass is 351 g/mol. The topological polar surface area (TPSA) is 129 Å². The number of aldehydes is 1. The molecule has 0 atom stereocenters. The van der Waals surface area contributed by atoms with Crippen LogP contribution < -0.4 is 4.90 Å². The number of anilines is 1. The van der Waals surface area contributed by atoms with Crippen LogP contribution in [0.15, 0.2) is 18.2 Å². The number of carbonyl (C=O) groups excluding carboxylic acids is 1. The number of aryl methyl sites for hydroxylation is 1. The molecule has 0 heterocycles. The summed E-state index contributed by atoms with van der Waals surface area (Å²) in [5.41, 5.74) is 1.57. The first-order valence-corrected chi connectivity index (χ1v) is 9.45. The molecule has 2 N–H and O–H groups in total. The van der Waals surface area contributed by atoms with Gasteiger partial charge in [0.1, 0.15) is 6.29 Å². The van der Waals surface area contributed by atoms with Crippen LogP contribution in [0.25, 0.3) is 0 Å². The second-order valence-electron chi connectivity index (χ2n) is 4.72. The SMILES string of the molecule is Cc1cc(N(CCS(=O)(=O)O)CCS(=O)(=O)O)ccc1C=O. The van der Waals surface area contributed by atoms with Crippen LogP contribution in [0.2, 0.25) is 0 Å². The van der Waals surface area contributed by atoms with E-state index in [0.29, 0.717) is 23.1 Å². The fourth-order valence-corrected chi connectivity index (χ4v) is 2.71. The molecule has 0 saturated heterocycles. The molecule has 0 fully saturated rings. The predicted octanol–water partition coefficient (Wildman–Crippen LogP) is 0.390. The highest BCUT2D eigenvalue weighted by Crippen LogP contribution is 2.18. The molecule has 0 spiro atoms. The van der Waals surface area contributed by atoms with Crippen molar-refractivity contribution in [1.29, 1.82) is 0 Å². The van der Waals surface area contributed by atoms with E-state index in [9.17, 15) is 21.6 Å². The van der Waals surface area contributed by atoms with Gasteiger partial charge in [-0.05, 0) is 30.7 Å². The first kappa shape index (κ1) is 18.6. The van der Waals surface area contributed by atoms with Crippen LogP contribution in [0.3, 0.4) is 0 Å². The summed E-state index contributed by atoms with van der Waals surface area (Å²) in [7, 11) is -8.43. The van der Waals surface area contributed by atoms with Crippen molar-refractivity contribution in [2.24, 2.45) is 0 Å². The predicted molar refractivity (Wildman–Crippen MR) is 81.6 cm³/mol. The van der Waals surface area contributed by atoms with Gasteiger partial charge in [-0.1, -0.05) is 0 Å². The highest BCUT2D eigenvalue weighted by atomic mass is 32.2. The fraction of sp³-hybridized carbons (Fsp3) is 0.417. The van der Waals surface area contributed by atoms with E-state index in [1.54, 1.807) is 13.0 Å². The molecule has 22 heavy (non-hydrogen) atoms. The third kappa shape index (κ3) is 6.52. The lowest BCUT2D eigenvalue weighted by molar-refractivity contribution is 0.112. The third-order valence-corrected chi connectivity index (χ3v) is 4.38. The number of carbonyl (C=O) groups is 1. The molecule has 0 saturated carbocycles. The molecule has 0 aliphatic carbocycles. The minimum absolute atomic E-state index is 0.159. The highest BCUT2D eigenvalue weighted by molar-refractivity contribution is 7.86. The van der Waals surface area contributed by atoms with Gasteiger partial charge in [-0.3, -0.25) is 13.9 Å². The van der Waals surface area contributed by atoms with Gasteiger partial charge in [-0.15, -0.1) is 0 Å². The summed E-state index contributed by atoms with van der Waals surface area (Å²) in [5.74, 6) is -1.18. The minimum Gasteiger partial charge on any atom is -0.369 e. The molecular formula is C12H17NO7S2. The van der Waals surface area contributed by atoms with Crippen LogP contribution in [-0.4, -0.2) is 56.8 Å². The Balaban J connectivity index is 3.02. The van der Waals surface area contributed by atoms with E-state index in [2.05, 4.69) is 0 Å². The van der Waals surface area contributed by atoms with E-state index in [-0.39, 0.29) is 13.1 Å². The molecule has 124 valence electrons. The Morgan fingerprint density at radius 3 is 1.91 bits per heavy atom. The smallest absolute Gasteiger partial charge is 0.266 e. The zero-order valence-electron chi connectivity index (χ0n) is 11.8. The Morgan fingerprint density at radius 2 is 1.55 bits per heavy atom. The first-order valence-electron chi connectivity index (χ1n) is 6.23. The molecule has 1 aromatic carbocycles. The molecule has 0 radical (unpaired) electrons. The van der Waals surface area contributed by atoms with E-state index < -0.39 is 31.7 Å². The molecule has 10 heteroatoms. The summed E-state index contributed by atoms with van der Waals surface area (Å²) in [6.07, 6.45) is 0.666. The second kappa shape index (κ2) is 7.18. The van der Waals surface area contributed by atoms with E-state index in [1.165, 1.54) is 17.0 Å². The maximum atomic E-state index is 10.9. The van der Waals surface area contributed by atoms with Crippen molar-refractivity contribution in [3.8, 4) is 0 Å². The molecule has 0 aliphatic rings. The number of rotatable bonds is 8. The molecule has 0 unspecified atom stereocenters. The Bertz CT molecular complexity index is 705. The standard InChI is InChI=1S/C12H17NO7S2/c1-10-8-12(3-2-11(10)9-14)13(4-6-21(15,16)17)5-7-22(18,19)20/h2-3,8-9H,4-7H2,1H3,(H,15,16,17)(H,18,19,20). The number of hydrogen-bond donors (Lipinski definition) is 2. The zero-order chi connectivity index (χ0) is 17.0. The maximum absolute atomic E-state index is 10.9. The van der Waals surface area contributed by atoms with Crippen LogP contribution in [0, 0.1) is 6.92 Å². The largest absolute Gasteiger partial charge is 0.369 e. The Kier molecular flexibility index (Phi) is 6.06. The van der Waals surface area contributed by atoms with Gasteiger partial charge in [0.2, 0.25) is 0 Å². The van der Waals surface area contributed by atoms with Crippen LogP contribution in [0.4, 0.5) is 5.69 Å². The molecular weight excluding hydrogens is 334 g/mol. The molecule has 0 amide bonds. The quantitative estimate of drug-likeness (QED) is 0.508. The summed E-state index contributed by atoms with van der Waals surface area (Å²) >= 11 is 0. The van der Waals surface area contributed by atoms with Crippen molar-refractivity contribution in [2.75, 3.05) is 29.5 Å². The van der Waals surface area contributed by atoms with E-state index in [4.69, 9.17) is 9.11 Å². The second-order valence-corrected chi connectivity index (χ2v) is 7.86. The van der Waals surface area contributed by atoms with Gasteiger partial charge in [-0.25, -0.2) is 0 Å². The zero-order valence-corrected chi connectivity index (χ0v) is 13.5. The Hall–Kier alpha value is -1.49. The van der Waals surface area contributed by atoms with Crippen LogP contribution in [0.1, 0.15) is 15.9 Å². The molecule has 8 nitrogen and oxygen atoms in total. The van der Waals surface area contributed by atoms with Gasteiger partial charge < -0.3 is 4.90 Å². The average Bonchev–Trinajstić information content (AvgIpc) is 2.36. The summed E-state index contributed by atoms with van der Waals surface area (Å²) in [4.78, 5) is 12.2. The molecule has 0 aliphatic heterocycles. The average molecular weight is 351 g/mol. The normalized spacial score (nSPS) is 12.1. The molecule has 0 bridgehead atoms. The lowest BCUT2D eigenvalue weighted by atomic mass is 10.1. The van der Waals surface area contributed by atoms with Crippen molar-refractivity contribution < 1.29 is 30.7 Å². The van der Waals surface area contributed by atoms with Crippen LogP contribution in [-0.2, 0) is 20.2 Å². The lowest BCUT2D eigenvalue weighted by Crippen LogP contribution is -2.33. The Morgan fingerprint density at radius 1 is 1.05 bits per heavy atom. The van der Waals surface area contributed by atoms with Crippen molar-refractivity contribution in [2.45, 2.75) is 6.92 Å². The van der Waals surface area contributed by atoms with Crippen molar-refractivity contribution in [3.63, 3.8) is 0 Å². The first-order chi connectivity index (χ1) is 10.0. The van der Waals surface area contributed by atoms with Crippen LogP contribution >= 0.6 is 0 Å². The van der Waals surface area contributed by atoms with Crippen LogP contribution in [0.5, 0.6) is 0 Å². The van der Waals surface area contributed by atoms with Gasteiger partial charge in [0.25, 0.3) is 20.2 Å². The molecule has 1 aromatic rings. The minimum atomic E-state index is -4.21.